The third-order valence-corrected chi connectivity index (χ3v) is 3.92. The molecule has 1 aromatic carbocycles. The minimum absolute atomic E-state index is 0.00140. The van der Waals surface area contributed by atoms with E-state index in [1.807, 2.05) is 39.8 Å². The predicted octanol–water partition coefficient (Wildman–Crippen LogP) is 3.86. The zero-order valence-corrected chi connectivity index (χ0v) is 16.0. The highest BCUT2D eigenvalue weighted by Crippen LogP contribution is 2.26. The second-order valence-electron chi connectivity index (χ2n) is 6.54. The molecule has 0 saturated carbocycles. The van der Waals surface area contributed by atoms with Gasteiger partial charge in [-0.2, -0.15) is 5.10 Å². The van der Waals surface area contributed by atoms with Gasteiger partial charge in [-0.25, -0.2) is 4.68 Å². The van der Waals surface area contributed by atoms with Gasteiger partial charge in [0.25, 0.3) is 0 Å². The lowest BCUT2D eigenvalue weighted by Crippen LogP contribution is -2.14. The Labute approximate surface area is 154 Å². The molecule has 1 aromatic heterocycles. The van der Waals surface area contributed by atoms with Crippen LogP contribution in [-0.2, 0) is 14.3 Å². The maximum Gasteiger partial charge on any atom is 0.313 e. The summed E-state index contributed by atoms with van der Waals surface area (Å²) in [5, 5.41) is 4.60. The summed E-state index contributed by atoms with van der Waals surface area (Å²) in [7, 11) is 0. The van der Waals surface area contributed by atoms with Crippen molar-refractivity contribution in [3.63, 3.8) is 0 Å². The minimum Gasteiger partial charge on any atom is -0.466 e. The molecular weight excluding hydrogens is 332 g/mol. The van der Waals surface area contributed by atoms with Crippen LogP contribution in [0.3, 0.4) is 0 Å². The highest BCUT2D eigenvalue weighted by molar-refractivity contribution is 5.78. The van der Waals surface area contributed by atoms with E-state index in [1.54, 1.807) is 17.7 Å². The van der Waals surface area contributed by atoms with Crippen LogP contribution < -0.4 is 4.74 Å². The van der Waals surface area contributed by atoms with Crippen molar-refractivity contribution in [3.8, 4) is 11.6 Å². The molecule has 0 fully saturated rings. The summed E-state index contributed by atoms with van der Waals surface area (Å²) < 4.78 is 12.0. The Morgan fingerprint density at radius 1 is 1.12 bits per heavy atom. The maximum atomic E-state index is 12.2. The van der Waals surface area contributed by atoms with Gasteiger partial charge in [-0.05, 0) is 38.3 Å². The van der Waals surface area contributed by atoms with Gasteiger partial charge in [0.15, 0.2) is 0 Å². The first kappa shape index (κ1) is 19.7. The van der Waals surface area contributed by atoms with Crippen molar-refractivity contribution in [1.82, 2.24) is 9.78 Å². The Kier molecular flexibility index (Phi) is 6.55. The number of rotatable bonds is 7. The summed E-state index contributed by atoms with van der Waals surface area (Å²) in [5.41, 5.74) is 3.87. The second kappa shape index (κ2) is 8.65. The highest BCUT2D eigenvalue weighted by atomic mass is 16.5. The van der Waals surface area contributed by atoms with Gasteiger partial charge in [-0.3, -0.25) is 9.59 Å². The SMILES string of the molecule is CCOC(=O)CCC(=O)Oc1cc(C(C)C)nn1-c1ccc(C)cc1C. The molecule has 6 heteroatoms. The largest absolute Gasteiger partial charge is 0.466 e. The van der Waals surface area contributed by atoms with Gasteiger partial charge < -0.3 is 9.47 Å². The summed E-state index contributed by atoms with van der Waals surface area (Å²) in [5.74, 6) is -0.344. The van der Waals surface area contributed by atoms with Crippen molar-refractivity contribution in [2.24, 2.45) is 0 Å². The molecule has 0 saturated heterocycles. The third-order valence-electron chi connectivity index (χ3n) is 3.92. The van der Waals surface area contributed by atoms with E-state index in [1.165, 1.54) is 0 Å². The summed E-state index contributed by atoms with van der Waals surface area (Å²) in [6, 6.07) is 7.77. The van der Waals surface area contributed by atoms with Crippen LogP contribution in [0.15, 0.2) is 24.3 Å². The van der Waals surface area contributed by atoms with Crippen LogP contribution in [0, 0.1) is 13.8 Å². The van der Waals surface area contributed by atoms with Gasteiger partial charge in [0.05, 0.1) is 30.8 Å². The van der Waals surface area contributed by atoms with Crippen LogP contribution in [-0.4, -0.2) is 28.3 Å². The van der Waals surface area contributed by atoms with E-state index >= 15 is 0 Å². The lowest BCUT2D eigenvalue weighted by molar-refractivity contribution is -0.146. The lowest BCUT2D eigenvalue weighted by Gasteiger charge is -2.11. The average molecular weight is 358 g/mol. The molecule has 140 valence electrons. The maximum absolute atomic E-state index is 12.2. The number of hydrogen-bond donors (Lipinski definition) is 0. The van der Waals surface area contributed by atoms with Crippen LogP contribution in [0.2, 0.25) is 0 Å². The van der Waals surface area contributed by atoms with E-state index in [2.05, 4.69) is 11.2 Å². The van der Waals surface area contributed by atoms with Gasteiger partial charge in [0.2, 0.25) is 5.88 Å². The van der Waals surface area contributed by atoms with E-state index in [0.717, 1.165) is 22.5 Å². The number of aromatic nitrogens is 2. The Hall–Kier alpha value is -2.63. The predicted molar refractivity (Wildman–Crippen MR) is 98.6 cm³/mol. The molecule has 6 nitrogen and oxygen atoms in total. The molecule has 2 rings (SSSR count). The number of benzene rings is 1. The van der Waals surface area contributed by atoms with E-state index in [4.69, 9.17) is 9.47 Å². The van der Waals surface area contributed by atoms with Gasteiger partial charge >= 0.3 is 11.9 Å². The highest BCUT2D eigenvalue weighted by Gasteiger charge is 2.18. The zero-order chi connectivity index (χ0) is 19.3. The molecule has 0 aliphatic rings. The molecule has 0 bridgehead atoms. The summed E-state index contributed by atoms with van der Waals surface area (Å²) in [4.78, 5) is 23.6. The number of carbonyl (C=O) groups is 2. The number of aryl methyl sites for hydroxylation is 2. The van der Waals surface area contributed by atoms with E-state index in [9.17, 15) is 9.59 Å². The lowest BCUT2D eigenvalue weighted by atomic mass is 10.1. The average Bonchev–Trinajstić information content (AvgIpc) is 2.97. The van der Waals surface area contributed by atoms with Crippen LogP contribution in [0.4, 0.5) is 0 Å². The fourth-order valence-electron chi connectivity index (χ4n) is 2.56. The first-order chi connectivity index (χ1) is 12.3. The topological polar surface area (TPSA) is 70.4 Å². The monoisotopic (exact) mass is 358 g/mol. The Bertz CT molecular complexity index is 793. The second-order valence-corrected chi connectivity index (χ2v) is 6.54. The molecule has 1 heterocycles. The van der Waals surface area contributed by atoms with Crippen LogP contribution in [0.25, 0.3) is 5.69 Å². The molecule has 0 spiro atoms. The number of ether oxygens (including phenoxy) is 2. The Morgan fingerprint density at radius 3 is 2.42 bits per heavy atom. The number of carbonyl (C=O) groups excluding carboxylic acids is 2. The summed E-state index contributed by atoms with van der Waals surface area (Å²) in [6.45, 7) is 10.1. The smallest absolute Gasteiger partial charge is 0.313 e. The van der Waals surface area contributed by atoms with Gasteiger partial charge in [0.1, 0.15) is 0 Å². The number of hydrogen-bond acceptors (Lipinski definition) is 5. The molecule has 0 unspecified atom stereocenters. The van der Waals surface area contributed by atoms with Crippen molar-refractivity contribution in [2.75, 3.05) is 6.61 Å². The molecular formula is C20H26N2O4. The number of nitrogens with zero attached hydrogens (tertiary/aromatic N) is 2. The fraction of sp³-hybridized carbons (Fsp3) is 0.450. The van der Waals surface area contributed by atoms with Crippen molar-refractivity contribution in [3.05, 3.63) is 41.1 Å². The minimum atomic E-state index is -0.487. The molecule has 0 radical (unpaired) electrons. The molecule has 0 aliphatic heterocycles. The van der Waals surface area contributed by atoms with Gasteiger partial charge in [-0.15, -0.1) is 0 Å². The van der Waals surface area contributed by atoms with Crippen LogP contribution in [0.5, 0.6) is 5.88 Å². The van der Waals surface area contributed by atoms with E-state index < -0.39 is 11.9 Å². The van der Waals surface area contributed by atoms with Gasteiger partial charge in [0, 0.05) is 6.07 Å². The number of esters is 2. The van der Waals surface area contributed by atoms with Gasteiger partial charge in [-0.1, -0.05) is 31.5 Å². The zero-order valence-electron chi connectivity index (χ0n) is 16.0. The third kappa shape index (κ3) is 4.94. The normalized spacial score (nSPS) is 10.8. The quantitative estimate of drug-likeness (QED) is 0.703. The Morgan fingerprint density at radius 2 is 1.81 bits per heavy atom. The molecule has 0 atom stereocenters. The molecule has 0 N–H and O–H groups in total. The Balaban J connectivity index is 2.24. The summed E-state index contributed by atoms with van der Waals surface area (Å²) in [6.07, 6.45) is -0.0324. The molecule has 2 aromatic rings. The first-order valence-corrected chi connectivity index (χ1v) is 8.85. The van der Waals surface area contributed by atoms with E-state index in [-0.39, 0.29) is 18.8 Å². The molecule has 0 aliphatic carbocycles. The van der Waals surface area contributed by atoms with E-state index in [0.29, 0.717) is 12.5 Å². The van der Waals surface area contributed by atoms with Crippen LogP contribution in [0.1, 0.15) is 56.4 Å². The van der Waals surface area contributed by atoms with Crippen molar-refractivity contribution in [2.45, 2.75) is 53.4 Å². The van der Waals surface area contributed by atoms with Crippen molar-refractivity contribution in [1.29, 1.82) is 0 Å². The molecule has 26 heavy (non-hydrogen) atoms. The van der Waals surface area contributed by atoms with Crippen molar-refractivity contribution < 1.29 is 19.1 Å². The van der Waals surface area contributed by atoms with Crippen molar-refractivity contribution >= 4 is 11.9 Å². The van der Waals surface area contributed by atoms with Crippen LogP contribution >= 0.6 is 0 Å². The fourth-order valence-corrected chi connectivity index (χ4v) is 2.56. The summed E-state index contributed by atoms with van der Waals surface area (Å²) >= 11 is 0. The standard InChI is InChI=1S/C20H26N2O4/c1-6-25-19(23)9-10-20(24)26-18-12-16(13(2)3)21-22(18)17-8-7-14(4)11-15(17)5/h7-8,11-13H,6,9-10H2,1-5H3. The first-order valence-electron chi connectivity index (χ1n) is 8.85. The molecule has 0 amide bonds.